The third kappa shape index (κ3) is 9.35. The molecule has 0 bridgehead atoms. The molecule has 3 aliphatic heterocycles. The van der Waals surface area contributed by atoms with Crippen LogP contribution in [0, 0.1) is 11.3 Å². The first kappa shape index (κ1) is 45.4. The Hall–Kier alpha value is -3.72. The molecule has 4 fully saturated rings. The second kappa shape index (κ2) is 17.9. The molecule has 2 aromatic carbocycles. The van der Waals surface area contributed by atoms with E-state index in [1.54, 1.807) is 32.0 Å². The molecule has 316 valence electrons. The number of halogens is 4. The van der Waals surface area contributed by atoms with Crippen LogP contribution in [0.2, 0.25) is 0 Å². The SMILES string of the molecule is C[C@@H]1CN(CCOC2CCC(N3C(S)N(c4ccc(C#N)c(C(F)(F)F)c4)C(=O)C3(C)C)CC2)C[C@H](C)N1CC(=O)Nc1ccc([C@]2(C)CCC(=O)NC2=O)cc1.Cl. The van der Waals surface area contributed by atoms with E-state index in [9.17, 15) is 37.6 Å². The smallest absolute Gasteiger partial charge is 0.377 e. The number of amides is 4. The first-order valence-electron chi connectivity index (χ1n) is 19.6. The minimum Gasteiger partial charge on any atom is -0.377 e. The zero-order valence-electron chi connectivity index (χ0n) is 33.5. The van der Waals surface area contributed by atoms with Crippen LogP contribution in [0.5, 0.6) is 0 Å². The number of benzene rings is 2. The van der Waals surface area contributed by atoms with Gasteiger partial charge in [-0.25, -0.2) is 0 Å². The Balaban J connectivity index is 0.00000641. The van der Waals surface area contributed by atoms with Gasteiger partial charge in [-0.05, 0) is 103 Å². The number of carbonyl (C=O) groups excluding carboxylic acids is 4. The third-order valence-corrected chi connectivity index (χ3v) is 12.8. The number of rotatable bonds is 10. The highest BCUT2D eigenvalue weighted by Crippen LogP contribution is 2.43. The van der Waals surface area contributed by atoms with Crippen molar-refractivity contribution in [3.05, 3.63) is 59.2 Å². The minimum absolute atomic E-state index is 0. The van der Waals surface area contributed by atoms with Gasteiger partial charge >= 0.3 is 6.18 Å². The highest BCUT2D eigenvalue weighted by molar-refractivity contribution is 7.81. The van der Waals surface area contributed by atoms with E-state index in [1.807, 2.05) is 24.0 Å². The molecule has 1 unspecified atom stereocenters. The fourth-order valence-corrected chi connectivity index (χ4v) is 9.71. The largest absolute Gasteiger partial charge is 0.417 e. The van der Waals surface area contributed by atoms with Gasteiger partial charge in [0.05, 0.1) is 47.4 Å². The molecule has 17 heteroatoms. The van der Waals surface area contributed by atoms with Gasteiger partial charge in [-0.3, -0.25) is 44.1 Å². The zero-order valence-corrected chi connectivity index (χ0v) is 35.2. The number of alkyl halides is 3. The molecule has 1 aliphatic carbocycles. The summed E-state index contributed by atoms with van der Waals surface area (Å²) in [5.74, 6) is -1.04. The van der Waals surface area contributed by atoms with Crippen LogP contribution in [0.15, 0.2) is 42.5 Å². The van der Waals surface area contributed by atoms with Crippen molar-refractivity contribution in [2.24, 2.45) is 0 Å². The van der Waals surface area contributed by atoms with Gasteiger partial charge in [-0.15, -0.1) is 25.0 Å². The summed E-state index contributed by atoms with van der Waals surface area (Å²) in [6, 6.07) is 12.4. The van der Waals surface area contributed by atoms with Crippen molar-refractivity contribution in [1.82, 2.24) is 20.0 Å². The molecule has 3 heterocycles. The van der Waals surface area contributed by atoms with Crippen molar-refractivity contribution in [1.29, 1.82) is 5.26 Å². The minimum atomic E-state index is -4.74. The Labute approximate surface area is 349 Å². The first-order chi connectivity index (χ1) is 26.8. The summed E-state index contributed by atoms with van der Waals surface area (Å²) >= 11 is 4.76. The van der Waals surface area contributed by atoms with Crippen LogP contribution < -0.4 is 15.5 Å². The second-order valence-electron chi connectivity index (χ2n) is 16.6. The van der Waals surface area contributed by atoms with E-state index in [-0.39, 0.29) is 78.9 Å². The molecule has 0 aromatic heterocycles. The van der Waals surface area contributed by atoms with Gasteiger partial charge in [0.15, 0.2) is 0 Å². The van der Waals surface area contributed by atoms with Crippen LogP contribution in [0.1, 0.15) is 89.8 Å². The number of ether oxygens (including phenoxy) is 1. The van der Waals surface area contributed by atoms with Gasteiger partial charge in [0.1, 0.15) is 5.50 Å². The number of nitriles is 1. The average molecular weight is 848 g/mol. The van der Waals surface area contributed by atoms with Gasteiger partial charge in [0.2, 0.25) is 23.6 Å². The fourth-order valence-electron chi connectivity index (χ4n) is 9.00. The topological polar surface area (TPSA) is 138 Å². The molecule has 4 atom stereocenters. The molecular weight excluding hydrogens is 795 g/mol. The molecule has 0 spiro atoms. The van der Waals surface area contributed by atoms with Gasteiger partial charge in [0, 0.05) is 55.6 Å². The highest BCUT2D eigenvalue weighted by Gasteiger charge is 2.54. The van der Waals surface area contributed by atoms with Gasteiger partial charge in [-0.1, -0.05) is 12.1 Å². The van der Waals surface area contributed by atoms with Crippen molar-refractivity contribution in [2.75, 3.05) is 43.0 Å². The average Bonchev–Trinajstić information content (AvgIpc) is 3.33. The number of imide groups is 1. The van der Waals surface area contributed by atoms with E-state index >= 15 is 0 Å². The molecule has 2 N–H and O–H groups in total. The lowest BCUT2D eigenvalue weighted by molar-refractivity contribution is -0.138. The summed E-state index contributed by atoms with van der Waals surface area (Å²) < 4.78 is 47.6. The van der Waals surface area contributed by atoms with E-state index < -0.39 is 33.8 Å². The highest BCUT2D eigenvalue weighted by atomic mass is 35.5. The number of piperazine rings is 1. The summed E-state index contributed by atoms with van der Waals surface area (Å²) in [5.41, 5.74) is -2.68. The summed E-state index contributed by atoms with van der Waals surface area (Å²) in [6.07, 6.45) is -0.951. The third-order valence-electron chi connectivity index (χ3n) is 12.3. The Bertz CT molecular complexity index is 1890. The zero-order chi connectivity index (χ0) is 41.4. The monoisotopic (exact) mass is 847 g/mol. The van der Waals surface area contributed by atoms with E-state index in [0.717, 1.165) is 63.0 Å². The Morgan fingerprint density at radius 1 is 1.02 bits per heavy atom. The number of nitrogens with one attached hydrogen (secondary N) is 2. The number of nitrogens with zero attached hydrogens (tertiary/aromatic N) is 5. The summed E-state index contributed by atoms with van der Waals surface area (Å²) in [7, 11) is 0. The van der Waals surface area contributed by atoms with E-state index in [1.165, 1.54) is 11.0 Å². The maximum Gasteiger partial charge on any atom is 0.417 e. The maximum absolute atomic E-state index is 13.7. The molecular formula is C41H53ClF3N7O5S. The number of carbonyl (C=O) groups is 4. The maximum atomic E-state index is 13.7. The van der Waals surface area contributed by atoms with Gasteiger partial charge < -0.3 is 10.1 Å². The summed E-state index contributed by atoms with van der Waals surface area (Å²) in [4.78, 5) is 58.8. The van der Waals surface area contributed by atoms with Crippen LogP contribution >= 0.6 is 25.0 Å². The first-order valence-corrected chi connectivity index (χ1v) is 20.1. The van der Waals surface area contributed by atoms with Crippen molar-refractivity contribution in [2.45, 2.75) is 120 Å². The number of piperidine rings is 1. The van der Waals surface area contributed by atoms with Crippen LogP contribution in [-0.4, -0.2) is 106 Å². The van der Waals surface area contributed by atoms with Crippen molar-refractivity contribution in [3.63, 3.8) is 0 Å². The number of hydrogen-bond acceptors (Lipinski definition) is 10. The van der Waals surface area contributed by atoms with E-state index in [4.69, 9.17) is 17.4 Å². The Morgan fingerprint density at radius 3 is 2.24 bits per heavy atom. The summed E-state index contributed by atoms with van der Waals surface area (Å²) in [5, 5.41) is 14.6. The molecule has 2 aromatic rings. The summed E-state index contributed by atoms with van der Waals surface area (Å²) in [6.45, 7) is 12.7. The number of hydrogen-bond donors (Lipinski definition) is 3. The van der Waals surface area contributed by atoms with Crippen LogP contribution in [-0.2, 0) is 35.5 Å². The standard InChI is InChI=1S/C41H52F3N7O5S.ClH/c1-25-22-48(23-26(2)49(25)24-35(53)46-29-9-7-28(8-10-29)40(5)17-16-34(52)47-36(40)54)18-19-56-32-14-12-30(13-15-32)51-38(57)50(37(55)39(51,3)4)31-11-6-27(21-45)33(20-31)41(42,43)44;/h6-11,20,25-26,30,32,38,57H,12-19,22-24H2,1-5H3,(H,46,53)(H,47,52,54);1H/t25-,26+,30?,32?,38?,40-;/m0./s1. The van der Waals surface area contributed by atoms with E-state index in [2.05, 4.69) is 34.3 Å². The fraction of sp³-hybridized carbons (Fsp3) is 0.585. The van der Waals surface area contributed by atoms with Crippen LogP contribution in [0.3, 0.4) is 0 Å². The Kier molecular flexibility index (Phi) is 14.0. The molecule has 12 nitrogen and oxygen atoms in total. The molecule has 4 amide bonds. The molecule has 4 aliphatic rings. The lowest BCUT2D eigenvalue weighted by atomic mass is 9.75. The van der Waals surface area contributed by atoms with Crippen molar-refractivity contribution in [3.8, 4) is 6.07 Å². The van der Waals surface area contributed by atoms with Gasteiger partial charge in [0.25, 0.3) is 0 Å². The van der Waals surface area contributed by atoms with Crippen molar-refractivity contribution >= 4 is 60.0 Å². The molecule has 58 heavy (non-hydrogen) atoms. The number of anilines is 2. The predicted molar refractivity (Wildman–Crippen MR) is 218 cm³/mol. The number of thiol groups is 1. The van der Waals surface area contributed by atoms with Crippen LogP contribution in [0.4, 0.5) is 24.5 Å². The molecule has 1 saturated carbocycles. The van der Waals surface area contributed by atoms with Gasteiger partial charge in [-0.2, -0.15) is 18.4 Å². The predicted octanol–water partition coefficient (Wildman–Crippen LogP) is 5.69. The van der Waals surface area contributed by atoms with E-state index in [0.29, 0.717) is 18.7 Å². The lowest BCUT2D eigenvalue weighted by Gasteiger charge is -2.44. The van der Waals surface area contributed by atoms with Crippen molar-refractivity contribution < 1.29 is 37.1 Å². The lowest BCUT2D eigenvalue weighted by Crippen LogP contribution is -2.58. The Morgan fingerprint density at radius 2 is 1.66 bits per heavy atom. The second-order valence-corrected chi connectivity index (χ2v) is 17.1. The van der Waals surface area contributed by atoms with Crippen LogP contribution in [0.25, 0.3) is 0 Å². The molecule has 6 rings (SSSR count). The molecule has 3 saturated heterocycles. The quantitative estimate of drug-likeness (QED) is 0.203. The molecule has 0 radical (unpaired) electrons. The normalized spacial score (nSPS) is 28.4.